The van der Waals surface area contributed by atoms with Gasteiger partial charge < -0.3 is 0 Å². The summed E-state index contributed by atoms with van der Waals surface area (Å²) in [5.74, 6) is 0. The molecule has 6 heteroatoms. The molecule has 1 aromatic carbocycles. The molecule has 0 spiro atoms. The summed E-state index contributed by atoms with van der Waals surface area (Å²) in [7, 11) is 0. The third kappa shape index (κ3) is 1.31. The van der Waals surface area contributed by atoms with Crippen LogP contribution in [0.5, 0.6) is 0 Å². The lowest BCUT2D eigenvalue weighted by Crippen LogP contribution is -2.42. The number of hydrogen-bond acceptors (Lipinski definition) is 4. The minimum absolute atomic E-state index is 0. The van der Waals surface area contributed by atoms with Gasteiger partial charge in [0.25, 0.3) is 0 Å². The second-order valence-electron chi connectivity index (χ2n) is 4.62. The third-order valence-corrected chi connectivity index (χ3v) is 3.75. The topological polar surface area (TPSA) is 45.6 Å². The number of nitrogens with zero attached hydrogens (tertiary/aromatic N) is 3. The van der Waals surface area contributed by atoms with Crippen molar-refractivity contribution in [2.45, 2.75) is 19.0 Å². The predicted octanol–water partition coefficient (Wildman–Crippen LogP) is 0.320. The van der Waals surface area contributed by atoms with E-state index in [1.54, 1.807) is 5.12 Å². The van der Waals surface area contributed by atoms with Crippen molar-refractivity contribution in [3.8, 4) is 0 Å². The van der Waals surface area contributed by atoms with E-state index in [-0.39, 0.29) is 23.5 Å². The second-order valence-corrected chi connectivity index (χ2v) is 4.62. The number of aromatic nitrogens is 1. The summed E-state index contributed by atoms with van der Waals surface area (Å²) in [4.78, 5) is 22.3. The minimum Gasteiger partial charge on any atom is -0.261 e. The summed E-state index contributed by atoms with van der Waals surface area (Å²) in [6, 6.07) is 8.64. The maximum Gasteiger partial charge on any atom is 0.341 e. The van der Waals surface area contributed by atoms with Crippen molar-refractivity contribution >= 4 is 12.4 Å². The fourth-order valence-electron chi connectivity index (χ4n) is 2.91. The van der Waals surface area contributed by atoms with Crippen molar-refractivity contribution in [2.75, 3.05) is 11.7 Å². The third-order valence-electron chi connectivity index (χ3n) is 3.75. The first-order valence-corrected chi connectivity index (χ1v) is 5.77. The first kappa shape index (κ1) is 11.5. The Balaban J connectivity index is 0.000001000. The van der Waals surface area contributed by atoms with Crippen LogP contribution in [0.2, 0.25) is 0 Å². The number of fused-ring (bicyclic) bond motifs is 3. The molecule has 3 heterocycles. The van der Waals surface area contributed by atoms with Gasteiger partial charge in [0.15, 0.2) is 0 Å². The van der Waals surface area contributed by atoms with Crippen LogP contribution in [0.3, 0.4) is 0 Å². The van der Waals surface area contributed by atoms with Gasteiger partial charge in [-0.15, -0.1) is 12.4 Å². The lowest BCUT2D eigenvalue weighted by Gasteiger charge is -2.25. The normalized spacial score (nSPS) is 22.0. The summed E-state index contributed by atoms with van der Waals surface area (Å²) >= 11 is 0. The molecule has 0 aliphatic carbocycles. The van der Waals surface area contributed by atoms with Gasteiger partial charge in [0.05, 0.1) is 12.6 Å². The Labute approximate surface area is 109 Å². The highest BCUT2D eigenvalue weighted by Crippen LogP contribution is 2.40. The summed E-state index contributed by atoms with van der Waals surface area (Å²) < 4.78 is 1.24. The number of benzene rings is 1. The summed E-state index contributed by atoms with van der Waals surface area (Å²) in [5, 5.41) is 3.92. The molecule has 0 N–H and O–H groups in total. The molecule has 2 aliphatic rings. The molecule has 5 nitrogen and oxygen atoms in total. The van der Waals surface area contributed by atoms with Crippen molar-refractivity contribution in [2.24, 2.45) is 0 Å². The zero-order chi connectivity index (χ0) is 11.6. The zero-order valence-corrected chi connectivity index (χ0v) is 10.4. The van der Waals surface area contributed by atoms with Crippen LogP contribution in [0.1, 0.15) is 23.6 Å². The average molecular weight is 266 g/mol. The zero-order valence-electron chi connectivity index (χ0n) is 9.57. The number of hydrogen-bond donors (Lipinski definition) is 0. The van der Waals surface area contributed by atoms with Gasteiger partial charge in [-0.2, -0.15) is 9.69 Å². The van der Waals surface area contributed by atoms with E-state index in [1.165, 1.54) is 15.8 Å². The predicted molar refractivity (Wildman–Crippen MR) is 69.0 cm³/mol. The highest BCUT2D eigenvalue weighted by molar-refractivity contribution is 5.85. The number of rotatable bonds is 1. The van der Waals surface area contributed by atoms with Gasteiger partial charge in [0, 0.05) is 6.54 Å². The Morgan fingerprint density at radius 1 is 1.11 bits per heavy atom. The average Bonchev–Trinajstić information content (AvgIpc) is 2.71. The lowest BCUT2D eigenvalue weighted by atomic mass is 10.0. The van der Waals surface area contributed by atoms with Crippen LogP contribution in [0.4, 0.5) is 0 Å². The lowest BCUT2D eigenvalue weighted by molar-refractivity contribution is 0.209. The van der Waals surface area contributed by atoms with Crippen molar-refractivity contribution in [1.82, 2.24) is 9.69 Å². The smallest absolute Gasteiger partial charge is 0.261 e. The Bertz CT molecular complexity index is 648. The van der Waals surface area contributed by atoms with E-state index in [1.807, 2.05) is 12.1 Å². The largest absolute Gasteiger partial charge is 0.341 e. The Kier molecular flexibility index (Phi) is 2.36. The van der Waals surface area contributed by atoms with E-state index in [2.05, 4.69) is 17.1 Å². The Hall–Kier alpha value is -1.59. The van der Waals surface area contributed by atoms with Crippen molar-refractivity contribution < 1.29 is 0 Å². The van der Waals surface area contributed by atoms with Gasteiger partial charge in [0.1, 0.15) is 0 Å². The Morgan fingerprint density at radius 3 is 2.56 bits per heavy atom. The standard InChI is InChI=1S/C12H11N3O2.ClH/c16-11-12(17)15(11)14-6-5-10-9-4-2-1-3-8(9)7-13(10)14;/h1-4,10H,5-7H2;1H. The molecular weight excluding hydrogens is 254 g/mol. The van der Waals surface area contributed by atoms with Crippen LogP contribution in [-0.2, 0) is 6.54 Å². The molecule has 2 aliphatic heterocycles. The number of hydrazine groups is 1. The van der Waals surface area contributed by atoms with Gasteiger partial charge >= 0.3 is 11.1 Å². The first-order valence-electron chi connectivity index (χ1n) is 5.77. The van der Waals surface area contributed by atoms with E-state index in [9.17, 15) is 9.59 Å². The van der Waals surface area contributed by atoms with Crippen LogP contribution < -0.4 is 16.2 Å². The van der Waals surface area contributed by atoms with E-state index in [4.69, 9.17) is 0 Å². The summed E-state index contributed by atoms with van der Waals surface area (Å²) in [6.07, 6.45) is 0.966. The van der Waals surface area contributed by atoms with E-state index < -0.39 is 0 Å². The maximum atomic E-state index is 11.2. The van der Waals surface area contributed by atoms with E-state index in [0.717, 1.165) is 19.5 Å². The van der Waals surface area contributed by atoms with Crippen LogP contribution in [0.15, 0.2) is 33.9 Å². The first-order chi connectivity index (χ1) is 8.27. The molecule has 1 fully saturated rings. The molecule has 1 aromatic heterocycles. The minimum atomic E-state index is -0.387. The van der Waals surface area contributed by atoms with Gasteiger partial charge in [0.2, 0.25) is 0 Å². The van der Waals surface area contributed by atoms with Crippen LogP contribution in [0, 0.1) is 0 Å². The van der Waals surface area contributed by atoms with Gasteiger partial charge in [-0.3, -0.25) is 9.59 Å². The second kappa shape index (κ2) is 3.70. The molecule has 1 saturated heterocycles. The molecule has 94 valence electrons. The molecular formula is C12H12ClN3O2. The van der Waals surface area contributed by atoms with E-state index in [0.29, 0.717) is 6.04 Å². The fraction of sp³-hybridized carbons (Fsp3) is 0.333. The molecule has 1 unspecified atom stereocenters. The quantitative estimate of drug-likeness (QED) is 0.697. The molecule has 2 aromatic rings. The molecule has 4 rings (SSSR count). The highest BCUT2D eigenvalue weighted by atomic mass is 35.5. The molecule has 0 saturated carbocycles. The fourth-order valence-corrected chi connectivity index (χ4v) is 2.91. The van der Waals surface area contributed by atoms with Gasteiger partial charge in [-0.25, -0.2) is 5.12 Å². The molecule has 1 atom stereocenters. The highest BCUT2D eigenvalue weighted by Gasteiger charge is 2.42. The molecule has 18 heavy (non-hydrogen) atoms. The van der Waals surface area contributed by atoms with Gasteiger partial charge in [-0.1, -0.05) is 24.3 Å². The summed E-state index contributed by atoms with van der Waals surface area (Å²) in [6.45, 7) is 1.54. The van der Waals surface area contributed by atoms with Crippen molar-refractivity contribution in [1.29, 1.82) is 0 Å². The SMILES string of the molecule is Cl.O=c1c(=O)n1N1CCC2c3ccccc3CN21. The van der Waals surface area contributed by atoms with Crippen molar-refractivity contribution in [3.05, 3.63) is 56.1 Å². The maximum absolute atomic E-state index is 11.2. The molecule has 0 bridgehead atoms. The van der Waals surface area contributed by atoms with Crippen LogP contribution >= 0.6 is 12.4 Å². The number of halogens is 1. The van der Waals surface area contributed by atoms with Crippen molar-refractivity contribution in [3.63, 3.8) is 0 Å². The molecule has 0 amide bonds. The summed E-state index contributed by atoms with van der Waals surface area (Å²) in [5.41, 5.74) is 1.85. The van der Waals surface area contributed by atoms with Crippen LogP contribution in [-0.4, -0.2) is 16.2 Å². The van der Waals surface area contributed by atoms with E-state index >= 15 is 0 Å². The van der Waals surface area contributed by atoms with Crippen LogP contribution in [0.25, 0.3) is 0 Å². The molecule has 0 radical (unpaired) electrons. The Morgan fingerprint density at radius 2 is 1.83 bits per heavy atom. The van der Waals surface area contributed by atoms with Gasteiger partial charge in [-0.05, 0) is 17.5 Å². The monoisotopic (exact) mass is 265 g/mol.